The van der Waals surface area contributed by atoms with Crippen molar-refractivity contribution in [3.8, 4) is 0 Å². The monoisotopic (exact) mass is 302 g/mol. The van der Waals surface area contributed by atoms with Gasteiger partial charge in [0, 0.05) is 20.1 Å². The molecule has 1 fully saturated rings. The number of hydrogen-bond donors (Lipinski definition) is 1. The lowest BCUT2D eigenvalue weighted by atomic mass is 10.2. The summed E-state index contributed by atoms with van der Waals surface area (Å²) in [7, 11) is -2.05. The van der Waals surface area contributed by atoms with E-state index in [9.17, 15) is 13.2 Å². The summed E-state index contributed by atoms with van der Waals surface area (Å²) in [6.07, 6.45) is 1.74. The van der Waals surface area contributed by atoms with Crippen LogP contribution in [0.5, 0.6) is 0 Å². The molecule has 104 valence electrons. The molecule has 0 radical (unpaired) electrons. The molecule has 1 N–H and O–H groups in total. The predicted octanol–water partition coefficient (Wildman–Crippen LogP) is 1.48. The first-order valence-corrected chi connectivity index (χ1v) is 7.80. The SMILES string of the molecule is CNC(=O)c1cc(S(=O)(=O)N2CCCC2)ccc1Cl. The fourth-order valence-electron chi connectivity index (χ4n) is 2.05. The maximum Gasteiger partial charge on any atom is 0.252 e. The third-order valence-electron chi connectivity index (χ3n) is 3.11. The molecule has 0 bridgehead atoms. The van der Waals surface area contributed by atoms with Gasteiger partial charge in [-0.3, -0.25) is 4.79 Å². The molecule has 1 aromatic rings. The molecule has 0 saturated carbocycles. The number of carbonyl (C=O) groups excluding carboxylic acids is 1. The smallest absolute Gasteiger partial charge is 0.252 e. The number of nitrogens with one attached hydrogen (secondary N) is 1. The number of rotatable bonds is 3. The summed E-state index contributed by atoms with van der Waals surface area (Å²) in [5.41, 5.74) is 0.171. The minimum Gasteiger partial charge on any atom is -0.355 e. The van der Waals surface area contributed by atoms with Crippen molar-refractivity contribution in [2.45, 2.75) is 17.7 Å². The van der Waals surface area contributed by atoms with Crippen LogP contribution in [-0.4, -0.2) is 38.8 Å². The van der Waals surface area contributed by atoms with Gasteiger partial charge in [0.1, 0.15) is 0 Å². The van der Waals surface area contributed by atoms with Crippen LogP contribution in [0.3, 0.4) is 0 Å². The first-order chi connectivity index (χ1) is 8.96. The Morgan fingerprint density at radius 1 is 1.32 bits per heavy atom. The number of nitrogens with zero attached hydrogens (tertiary/aromatic N) is 1. The zero-order chi connectivity index (χ0) is 14.0. The van der Waals surface area contributed by atoms with Crippen molar-refractivity contribution < 1.29 is 13.2 Å². The van der Waals surface area contributed by atoms with Crippen molar-refractivity contribution in [1.29, 1.82) is 0 Å². The molecule has 7 heteroatoms. The fourth-order valence-corrected chi connectivity index (χ4v) is 3.80. The summed E-state index contributed by atoms with van der Waals surface area (Å²) in [5.74, 6) is -0.400. The summed E-state index contributed by atoms with van der Waals surface area (Å²) >= 11 is 5.91. The lowest BCUT2D eigenvalue weighted by Crippen LogP contribution is -2.28. The van der Waals surface area contributed by atoms with Crippen LogP contribution < -0.4 is 5.32 Å². The van der Waals surface area contributed by atoms with Crippen LogP contribution in [0.4, 0.5) is 0 Å². The van der Waals surface area contributed by atoms with E-state index >= 15 is 0 Å². The molecule has 1 aliphatic heterocycles. The Labute approximate surface area is 117 Å². The molecule has 1 aliphatic rings. The lowest BCUT2D eigenvalue weighted by molar-refractivity contribution is 0.0963. The Hall–Kier alpha value is -1.11. The van der Waals surface area contributed by atoms with Gasteiger partial charge in [0.05, 0.1) is 15.5 Å². The Kier molecular flexibility index (Phi) is 4.13. The second-order valence-electron chi connectivity index (χ2n) is 4.33. The van der Waals surface area contributed by atoms with Crippen LogP contribution in [0, 0.1) is 0 Å². The average molecular weight is 303 g/mol. The molecular formula is C12H15ClN2O3S. The van der Waals surface area contributed by atoms with Gasteiger partial charge in [0.15, 0.2) is 0 Å². The van der Waals surface area contributed by atoms with E-state index in [1.807, 2.05) is 0 Å². The number of sulfonamides is 1. The first kappa shape index (κ1) is 14.3. The van der Waals surface area contributed by atoms with E-state index in [1.54, 1.807) is 0 Å². The standard InChI is InChI=1S/C12H15ClN2O3S/c1-14-12(16)10-8-9(4-5-11(10)13)19(17,18)15-6-2-3-7-15/h4-5,8H,2-3,6-7H2,1H3,(H,14,16). The topological polar surface area (TPSA) is 66.5 Å². The third kappa shape index (κ3) is 2.75. The van der Waals surface area contributed by atoms with Gasteiger partial charge in [0.2, 0.25) is 10.0 Å². The van der Waals surface area contributed by atoms with Gasteiger partial charge >= 0.3 is 0 Å². The molecule has 0 unspecified atom stereocenters. The maximum absolute atomic E-state index is 12.4. The van der Waals surface area contributed by atoms with E-state index in [0.29, 0.717) is 13.1 Å². The third-order valence-corrected chi connectivity index (χ3v) is 5.34. The predicted molar refractivity (Wildman–Crippen MR) is 72.8 cm³/mol. The van der Waals surface area contributed by atoms with Gasteiger partial charge in [-0.2, -0.15) is 4.31 Å². The van der Waals surface area contributed by atoms with Crippen LogP contribution in [0.2, 0.25) is 5.02 Å². The van der Waals surface area contributed by atoms with Crippen LogP contribution in [0.15, 0.2) is 23.1 Å². The molecule has 0 atom stereocenters. The van der Waals surface area contributed by atoms with Crippen molar-refractivity contribution in [3.63, 3.8) is 0 Å². The Morgan fingerprint density at radius 3 is 2.53 bits per heavy atom. The van der Waals surface area contributed by atoms with E-state index in [1.165, 1.54) is 29.6 Å². The van der Waals surface area contributed by atoms with Gasteiger partial charge in [-0.25, -0.2) is 8.42 Å². The number of amides is 1. The van der Waals surface area contributed by atoms with Gasteiger partial charge in [-0.05, 0) is 31.0 Å². The molecule has 1 amide bonds. The average Bonchev–Trinajstić information content (AvgIpc) is 2.92. The quantitative estimate of drug-likeness (QED) is 0.920. The normalized spacial score (nSPS) is 16.5. The summed E-state index contributed by atoms with van der Waals surface area (Å²) < 4.78 is 26.2. The number of carbonyl (C=O) groups is 1. The minimum atomic E-state index is -3.53. The molecule has 1 heterocycles. The van der Waals surface area contributed by atoms with Gasteiger partial charge in [-0.15, -0.1) is 0 Å². The van der Waals surface area contributed by atoms with Gasteiger partial charge < -0.3 is 5.32 Å². The number of hydrogen-bond acceptors (Lipinski definition) is 3. The number of benzene rings is 1. The van der Waals surface area contributed by atoms with Gasteiger partial charge in [-0.1, -0.05) is 11.6 Å². The first-order valence-electron chi connectivity index (χ1n) is 5.98. The van der Waals surface area contributed by atoms with E-state index in [-0.39, 0.29) is 15.5 Å². The second-order valence-corrected chi connectivity index (χ2v) is 6.68. The molecular weight excluding hydrogens is 288 g/mol. The molecule has 19 heavy (non-hydrogen) atoms. The maximum atomic E-state index is 12.4. The molecule has 0 aliphatic carbocycles. The number of halogens is 1. The van der Waals surface area contributed by atoms with Crippen molar-refractivity contribution in [1.82, 2.24) is 9.62 Å². The summed E-state index contributed by atoms with van der Waals surface area (Å²) in [6.45, 7) is 1.06. The van der Waals surface area contributed by atoms with Crippen molar-refractivity contribution in [2.24, 2.45) is 0 Å². The highest BCUT2D eigenvalue weighted by molar-refractivity contribution is 7.89. The largest absolute Gasteiger partial charge is 0.355 e. The highest BCUT2D eigenvalue weighted by Crippen LogP contribution is 2.25. The van der Waals surface area contributed by atoms with E-state index < -0.39 is 15.9 Å². The molecule has 1 aromatic carbocycles. The van der Waals surface area contributed by atoms with E-state index in [4.69, 9.17) is 11.6 Å². The van der Waals surface area contributed by atoms with Crippen LogP contribution >= 0.6 is 11.6 Å². The zero-order valence-corrected chi connectivity index (χ0v) is 12.1. The highest BCUT2D eigenvalue weighted by atomic mass is 35.5. The highest BCUT2D eigenvalue weighted by Gasteiger charge is 2.28. The Morgan fingerprint density at radius 2 is 1.95 bits per heavy atom. The fraction of sp³-hybridized carbons (Fsp3) is 0.417. The summed E-state index contributed by atoms with van der Waals surface area (Å²) in [4.78, 5) is 11.7. The van der Waals surface area contributed by atoms with Crippen LogP contribution in [0.25, 0.3) is 0 Å². The second kappa shape index (κ2) is 5.48. The molecule has 0 aromatic heterocycles. The summed E-state index contributed by atoms with van der Waals surface area (Å²) in [6, 6.07) is 4.20. The van der Waals surface area contributed by atoms with Gasteiger partial charge in [0.25, 0.3) is 5.91 Å². The van der Waals surface area contributed by atoms with Crippen LogP contribution in [-0.2, 0) is 10.0 Å². The zero-order valence-electron chi connectivity index (χ0n) is 10.5. The molecule has 2 rings (SSSR count). The van der Waals surface area contributed by atoms with Crippen molar-refractivity contribution in [3.05, 3.63) is 28.8 Å². The van der Waals surface area contributed by atoms with E-state index in [2.05, 4.69) is 5.32 Å². The Bertz CT molecular complexity index is 595. The summed E-state index contributed by atoms with van der Waals surface area (Å²) in [5, 5.41) is 2.67. The molecule has 5 nitrogen and oxygen atoms in total. The van der Waals surface area contributed by atoms with Crippen LogP contribution in [0.1, 0.15) is 23.2 Å². The molecule has 1 saturated heterocycles. The lowest BCUT2D eigenvalue weighted by Gasteiger charge is -2.16. The molecule has 0 spiro atoms. The van der Waals surface area contributed by atoms with E-state index in [0.717, 1.165) is 12.8 Å². The van der Waals surface area contributed by atoms with Crippen molar-refractivity contribution in [2.75, 3.05) is 20.1 Å². The Balaban J connectivity index is 2.43. The van der Waals surface area contributed by atoms with Crippen molar-refractivity contribution >= 4 is 27.5 Å². The minimum absolute atomic E-state index is 0.109.